The van der Waals surface area contributed by atoms with Crippen LogP contribution in [0, 0.1) is 6.92 Å². The molecule has 42 heavy (non-hydrogen) atoms. The van der Waals surface area contributed by atoms with Gasteiger partial charge in [0.1, 0.15) is 17.2 Å². The second-order valence-electron chi connectivity index (χ2n) is 8.87. The van der Waals surface area contributed by atoms with E-state index in [4.69, 9.17) is 15.3 Å². The lowest BCUT2D eigenvalue weighted by Gasteiger charge is -1.97. The van der Waals surface area contributed by atoms with Crippen LogP contribution in [-0.2, 0) is 19.3 Å². The summed E-state index contributed by atoms with van der Waals surface area (Å²) in [6, 6.07) is 43.6. The maximum atomic E-state index is 8.63. The molecular formula is C39H50O3. The van der Waals surface area contributed by atoms with E-state index in [0.29, 0.717) is 17.2 Å². The smallest absolute Gasteiger partial charge is 0.115 e. The molecule has 0 heterocycles. The maximum absolute atomic E-state index is 8.63. The summed E-state index contributed by atoms with van der Waals surface area (Å²) in [5, 5.41) is 25.9. The predicted octanol–water partition coefficient (Wildman–Crippen LogP) is 10.6. The topological polar surface area (TPSA) is 60.7 Å². The van der Waals surface area contributed by atoms with Gasteiger partial charge < -0.3 is 15.3 Å². The third-order valence-electron chi connectivity index (χ3n) is 5.64. The van der Waals surface area contributed by atoms with Gasteiger partial charge in [0.05, 0.1) is 0 Å². The Balaban J connectivity index is 0.000000496. The molecule has 0 spiro atoms. The fourth-order valence-electron chi connectivity index (χ4n) is 3.12. The van der Waals surface area contributed by atoms with Crippen LogP contribution in [-0.4, -0.2) is 15.3 Å². The Kier molecular flexibility index (Phi) is 22.7. The van der Waals surface area contributed by atoms with Crippen molar-refractivity contribution in [1.29, 1.82) is 0 Å². The number of para-hydroxylation sites is 3. The van der Waals surface area contributed by atoms with E-state index in [0.717, 1.165) is 19.3 Å². The van der Waals surface area contributed by atoms with Crippen LogP contribution in [0.5, 0.6) is 17.2 Å². The molecule has 0 atom stereocenters. The Hall–Kier alpha value is -4.50. The van der Waals surface area contributed by atoms with E-state index < -0.39 is 0 Å². The predicted molar refractivity (Wildman–Crippen MR) is 181 cm³/mol. The first kappa shape index (κ1) is 37.5. The average Bonchev–Trinajstić information content (AvgIpc) is 3.05. The minimum absolute atomic E-state index is 0.322. The molecule has 3 N–H and O–H groups in total. The number of hydrogen-bond donors (Lipinski definition) is 3. The van der Waals surface area contributed by atoms with Crippen LogP contribution in [0.1, 0.15) is 56.9 Å². The van der Waals surface area contributed by atoms with Crippen LogP contribution < -0.4 is 0 Å². The summed E-state index contributed by atoms with van der Waals surface area (Å²) in [7, 11) is 0. The van der Waals surface area contributed by atoms with Gasteiger partial charge in [-0.3, -0.25) is 0 Å². The van der Waals surface area contributed by atoms with Crippen LogP contribution in [0.4, 0.5) is 0 Å². The summed E-state index contributed by atoms with van der Waals surface area (Å²) in [5.41, 5.74) is 5.61. The van der Waals surface area contributed by atoms with Gasteiger partial charge in [-0.1, -0.05) is 143 Å². The highest BCUT2D eigenvalue weighted by Crippen LogP contribution is 2.06. The molecule has 0 saturated heterocycles. The van der Waals surface area contributed by atoms with Crippen molar-refractivity contribution >= 4 is 0 Å². The first-order valence-electron chi connectivity index (χ1n) is 14.7. The molecule has 0 aromatic heterocycles. The Morgan fingerprint density at radius 2 is 0.571 bits per heavy atom. The molecular weight excluding hydrogens is 516 g/mol. The van der Waals surface area contributed by atoms with E-state index >= 15 is 0 Å². The van der Waals surface area contributed by atoms with Crippen molar-refractivity contribution in [1.82, 2.24) is 0 Å². The van der Waals surface area contributed by atoms with Crippen molar-refractivity contribution in [3.05, 3.63) is 162 Å². The Morgan fingerprint density at radius 1 is 0.357 bits per heavy atom. The number of rotatable bonds is 3. The number of aromatic hydroxyl groups is 3. The number of aryl methyl sites for hydroxylation is 4. The summed E-state index contributed by atoms with van der Waals surface area (Å²) in [6.07, 6.45) is 3.42. The quantitative estimate of drug-likeness (QED) is 0.204. The first-order valence-corrected chi connectivity index (χ1v) is 14.7. The molecule has 5 aromatic carbocycles. The highest BCUT2D eigenvalue weighted by Gasteiger charge is 1.88. The number of phenols is 3. The summed E-state index contributed by atoms with van der Waals surface area (Å²) < 4.78 is 0. The van der Waals surface area contributed by atoms with Gasteiger partial charge in [-0.25, -0.2) is 0 Å². The molecule has 0 unspecified atom stereocenters. The van der Waals surface area contributed by atoms with Crippen molar-refractivity contribution in [2.24, 2.45) is 0 Å². The van der Waals surface area contributed by atoms with Crippen LogP contribution in [0.15, 0.2) is 140 Å². The van der Waals surface area contributed by atoms with E-state index in [2.05, 4.69) is 76.2 Å². The lowest BCUT2D eigenvalue weighted by atomic mass is 10.1. The molecule has 0 bridgehead atoms. The van der Waals surface area contributed by atoms with Gasteiger partial charge in [0.2, 0.25) is 0 Å². The van der Waals surface area contributed by atoms with Gasteiger partial charge in [-0.2, -0.15) is 0 Å². The highest BCUT2D eigenvalue weighted by atomic mass is 16.3. The van der Waals surface area contributed by atoms with Gasteiger partial charge in [0.15, 0.2) is 0 Å². The Bertz CT molecular complexity index is 1120. The molecule has 0 aliphatic carbocycles. The second-order valence-corrected chi connectivity index (χ2v) is 8.87. The van der Waals surface area contributed by atoms with E-state index in [1.54, 1.807) is 72.8 Å². The molecule has 0 aliphatic heterocycles. The Morgan fingerprint density at radius 3 is 0.738 bits per heavy atom. The fourth-order valence-corrected chi connectivity index (χ4v) is 3.12. The van der Waals surface area contributed by atoms with Gasteiger partial charge in [0, 0.05) is 0 Å². The molecule has 3 heteroatoms. The maximum Gasteiger partial charge on any atom is 0.115 e. The molecule has 3 nitrogen and oxygen atoms in total. The van der Waals surface area contributed by atoms with Crippen LogP contribution >= 0.6 is 0 Å². The first-order chi connectivity index (χ1) is 20.4. The van der Waals surface area contributed by atoms with E-state index in [-0.39, 0.29) is 0 Å². The normalized spacial score (nSPS) is 8.81. The average molecular weight is 567 g/mol. The molecule has 5 aromatic rings. The van der Waals surface area contributed by atoms with E-state index in [1.807, 2.05) is 32.0 Å². The summed E-state index contributed by atoms with van der Waals surface area (Å²) >= 11 is 0. The molecule has 0 radical (unpaired) electrons. The SMILES string of the molecule is CC.CCc1ccc(C)cc1.CCc1ccc(CC)cc1.Oc1ccccc1.Oc1ccccc1.Oc1ccccc1. The number of benzene rings is 5. The molecule has 0 amide bonds. The van der Waals surface area contributed by atoms with Crippen LogP contribution in [0.2, 0.25) is 0 Å². The second kappa shape index (κ2) is 25.5. The van der Waals surface area contributed by atoms with Crippen molar-refractivity contribution < 1.29 is 15.3 Å². The highest BCUT2D eigenvalue weighted by molar-refractivity contribution is 5.23. The van der Waals surface area contributed by atoms with Crippen molar-refractivity contribution in [2.45, 2.75) is 60.8 Å². The molecule has 0 fully saturated rings. The standard InChI is InChI=1S/C10H14.C9H12.3C6H6O.C2H6/c1-3-9-5-7-10(4-2)8-6-9;1-3-9-6-4-8(2)5-7-9;3*7-6-4-2-1-3-5-6;1-2/h5-8H,3-4H2,1-2H3;4-7H,3H2,1-2H3;3*1-5,7H;1-2H3. The lowest BCUT2D eigenvalue weighted by Crippen LogP contribution is -1.81. The number of phenolic OH excluding ortho intramolecular Hbond substituents is 3. The minimum atomic E-state index is 0.322. The molecule has 0 saturated carbocycles. The summed E-state index contributed by atoms with van der Waals surface area (Å²) in [5.74, 6) is 0.965. The van der Waals surface area contributed by atoms with Gasteiger partial charge in [0.25, 0.3) is 0 Å². The van der Waals surface area contributed by atoms with E-state index in [1.165, 1.54) is 22.3 Å². The zero-order valence-electron chi connectivity index (χ0n) is 26.2. The van der Waals surface area contributed by atoms with Gasteiger partial charge >= 0.3 is 0 Å². The van der Waals surface area contributed by atoms with Crippen molar-refractivity contribution in [3.8, 4) is 17.2 Å². The molecule has 0 aliphatic rings. The zero-order chi connectivity index (χ0) is 31.4. The largest absolute Gasteiger partial charge is 0.508 e. The monoisotopic (exact) mass is 566 g/mol. The lowest BCUT2D eigenvalue weighted by molar-refractivity contribution is 0.475. The number of hydrogen-bond acceptors (Lipinski definition) is 3. The van der Waals surface area contributed by atoms with Crippen molar-refractivity contribution in [3.63, 3.8) is 0 Å². The summed E-state index contributed by atoms with van der Waals surface area (Å²) in [6.45, 7) is 12.6. The fraction of sp³-hybridized carbons (Fsp3) is 0.231. The van der Waals surface area contributed by atoms with Crippen molar-refractivity contribution in [2.75, 3.05) is 0 Å². The third-order valence-corrected chi connectivity index (χ3v) is 5.64. The van der Waals surface area contributed by atoms with Crippen LogP contribution in [0.25, 0.3) is 0 Å². The Labute approximate surface area is 254 Å². The minimum Gasteiger partial charge on any atom is -0.508 e. The van der Waals surface area contributed by atoms with Gasteiger partial charge in [-0.05, 0) is 79.3 Å². The van der Waals surface area contributed by atoms with Crippen LogP contribution in [0.3, 0.4) is 0 Å². The van der Waals surface area contributed by atoms with E-state index in [9.17, 15) is 0 Å². The van der Waals surface area contributed by atoms with Gasteiger partial charge in [-0.15, -0.1) is 0 Å². The summed E-state index contributed by atoms with van der Waals surface area (Å²) in [4.78, 5) is 0. The third kappa shape index (κ3) is 20.4. The zero-order valence-corrected chi connectivity index (χ0v) is 26.2. The molecule has 224 valence electrons. The molecule has 5 rings (SSSR count).